The van der Waals surface area contributed by atoms with Gasteiger partial charge in [-0.2, -0.15) is 0 Å². The van der Waals surface area contributed by atoms with Gasteiger partial charge in [0.05, 0.1) is 50.2 Å². The maximum absolute atomic E-state index is 14.7. The van der Waals surface area contributed by atoms with Crippen molar-refractivity contribution >= 4 is 47.4 Å². The molecular weight excluding hydrogens is 997 g/mol. The van der Waals surface area contributed by atoms with Gasteiger partial charge < -0.3 is 87.0 Å². The van der Waals surface area contributed by atoms with E-state index in [2.05, 4.69) is 26.6 Å². The van der Waals surface area contributed by atoms with E-state index in [1.165, 1.54) is 20.1 Å². The number of carbonyl (C=O) groups is 8. The molecular formula is C51H66N8O17. The van der Waals surface area contributed by atoms with Gasteiger partial charge in [-0.05, 0) is 35.7 Å². The zero-order chi connectivity index (χ0) is 55.4. The van der Waals surface area contributed by atoms with Crippen LogP contribution in [0.15, 0.2) is 78.9 Å². The van der Waals surface area contributed by atoms with Crippen LogP contribution >= 0.6 is 0 Å². The highest BCUT2D eigenvalue weighted by molar-refractivity contribution is 5.98. The van der Waals surface area contributed by atoms with E-state index in [1.807, 2.05) is 30.3 Å². The number of ether oxygens (including phenoxy) is 3. The highest BCUT2D eigenvalue weighted by atomic mass is 16.5. The van der Waals surface area contributed by atoms with E-state index in [-0.39, 0.29) is 25.5 Å². The molecule has 0 saturated carbocycles. The van der Waals surface area contributed by atoms with Crippen LogP contribution in [0.3, 0.4) is 0 Å². The number of rotatable bonds is 14. The molecule has 6 rings (SSSR count). The number of methoxy groups -OCH3 is 1. The maximum Gasteiger partial charge on any atom is 0.408 e. The van der Waals surface area contributed by atoms with Gasteiger partial charge in [-0.25, -0.2) is 4.79 Å². The van der Waals surface area contributed by atoms with Crippen LogP contribution in [0, 0.1) is 5.92 Å². The monoisotopic (exact) mass is 1060 g/mol. The molecule has 412 valence electrons. The average molecular weight is 1060 g/mol. The Balaban J connectivity index is 1.37. The third-order valence-corrected chi connectivity index (χ3v) is 13.3. The summed E-state index contributed by atoms with van der Waals surface area (Å²) in [5, 5.41) is 79.6. The summed E-state index contributed by atoms with van der Waals surface area (Å²) in [5.41, 5.74) is 7.16. The molecule has 0 aromatic heterocycles. The second-order valence-corrected chi connectivity index (χ2v) is 19.2. The summed E-state index contributed by atoms with van der Waals surface area (Å²) in [4.78, 5) is 113. The third-order valence-electron chi connectivity index (χ3n) is 13.3. The fraction of sp³-hybridized carbons (Fsp3) is 0.490. The van der Waals surface area contributed by atoms with Gasteiger partial charge in [0.2, 0.25) is 41.4 Å². The third kappa shape index (κ3) is 14.9. The Morgan fingerprint density at radius 1 is 0.711 bits per heavy atom. The van der Waals surface area contributed by atoms with Crippen LogP contribution in [-0.4, -0.2) is 188 Å². The first-order valence-electron chi connectivity index (χ1n) is 24.6. The molecule has 0 aliphatic carbocycles. The van der Waals surface area contributed by atoms with Crippen molar-refractivity contribution in [1.29, 1.82) is 0 Å². The lowest BCUT2D eigenvalue weighted by Gasteiger charge is -2.33. The molecule has 25 nitrogen and oxygen atoms in total. The normalized spacial score (nSPS) is 27.2. The van der Waals surface area contributed by atoms with Gasteiger partial charge in [0.1, 0.15) is 49.5 Å². The van der Waals surface area contributed by atoms with Crippen molar-refractivity contribution in [3.8, 4) is 11.5 Å². The number of amides is 8. The number of carbonyl (C=O) groups excluding carboxylic acids is 8. The lowest BCUT2D eigenvalue weighted by atomic mass is 9.98. The molecule has 0 radical (unpaired) electrons. The molecule has 3 heterocycles. The Bertz CT molecular complexity index is 2540. The van der Waals surface area contributed by atoms with Gasteiger partial charge in [0.15, 0.2) is 11.5 Å². The van der Waals surface area contributed by atoms with E-state index in [0.717, 1.165) is 22.3 Å². The van der Waals surface area contributed by atoms with Crippen LogP contribution in [0.25, 0.3) is 0 Å². The van der Waals surface area contributed by atoms with Gasteiger partial charge in [0, 0.05) is 44.8 Å². The zero-order valence-electron chi connectivity index (χ0n) is 42.0. The lowest BCUT2D eigenvalue weighted by Crippen LogP contribution is -2.64. The molecule has 3 aromatic carbocycles. The van der Waals surface area contributed by atoms with Gasteiger partial charge >= 0.3 is 6.09 Å². The van der Waals surface area contributed by atoms with Gasteiger partial charge in [-0.3, -0.25) is 33.6 Å². The van der Waals surface area contributed by atoms with Crippen molar-refractivity contribution < 1.29 is 83.2 Å². The number of nitrogens with one attached hydrogen (secondary N) is 5. The molecule has 13 N–H and O–H groups in total. The standard InChI is InChI=1S/C51H66N8O17/c1-26-22-59-43(44(26)66)48(70)53-21-31(61)18-33(54-51(73)76-25-29-12-8-5-9-13-29)45(67)55-40(27(2)60)49(71)58-23-32(62)19-34(58)46(68)56-41(47(69)57-42(50(59)72)36(64)20-39(52)65)35(63)16-30-14-15-37(38(17-30)74-3)75-24-28-10-6-4-7-11-28/h4-15,17,26-27,31-36,40-44,60-64,66H,16,18-25H2,1-3H3,(H2,52,65)(H,53,70)(H,54,73)(H,55,67)(H,56,68)(H,57,69)/t26-,27+,31+,32+,33-,34-,35+,36+,40-,41-,42-,43-,44-/m0/s1. The predicted octanol–water partition coefficient (Wildman–Crippen LogP) is -3.41. The summed E-state index contributed by atoms with van der Waals surface area (Å²) >= 11 is 0. The minimum absolute atomic E-state index is 0.169. The highest BCUT2D eigenvalue weighted by Crippen LogP contribution is 2.30. The molecule has 3 fully saturated rings. The first-order valence-corrected chi connectivity index (χ1v) is 24.6. The van der Waals surface area contributed by atoms with Gasteiger partial charge in [-0.15, -0.1) is 0 Å². The Labute approximate surface area is 437 Å². The number of benzene rings is 3. The lowest BCUT2D eigenvalue weighted by molar-refractivity contribution is -0.147. The number of aliphatic hydroxyl groups is 6. The van der Waals surface area contributed by atoms with Crippen LogP contribution in [-0.2, 0) is 57.9 Å². The summed E-state index contributed by atoms with van der Waals surface area (Å²) in [5.74, 6) is -8.48. The fourth-order valence-electron chi connectivity index (χ4n) is 9.20. The summed E-state index contributed by atoms with van der Waals surface area (Å²) in [7, 11) is 1.37. The molecule has 3 aromatic rings. The number of β-amino-alcohol motifs (C(OH)–C–C–N with tert-alkyl or cyclic N) is 1. The van der Waals surface area contributed by atoms with Gasteiger partial charge in [-0.1, -0.05) is 73.7 Å². The molecule has 13 atom stereocenters. The Kier molecular flexibility index (Phi) is 20.1. The van der Waals surface area contributed by atoms with Crippen LogP contribution in [0.4, 0.5) is 4.79 Å². The average Bonchev–Trinajstić information content (AvgIpc) is 3.93. The number of nitrogens with zero attached hydrogens (tertiary/aromatic N) is 2. The number of aliphatic hydroxyl groups excluding tert-OH is 6. The van der Waals surface area contributed by atoms with Crippen molar-refractivity contribution in [1.82, 2.24) is 36.4 Å². The molecule has 76 heavy (non-hydrogen) atoms. The van der Waals surface area contributed by atoms with Crippen molar-refractivity contribution in [2.45, 2.75) is 126 Å². The molecule has 8 amide bonds. The SMILES string of the molecule is COc1cc(C[C@@H](O)[C@@H]2NC(=O)[C@@H]3C[C@@H](O)CN3C(=O)[C@H]([C@@H](C)O)NC(=O)[C@@H](NC(=O)OCc3ccccc3)C[C@@H](O)CNC(=O)[C@@H]3[C@@H](O)[C@@H](C)CN3C(=O)[C@H]([C@H](O)CC(N)=O)NC2=O)ccc1OCc1ccccc1. The molecule has 25 heteroatoms. The van der Waals surface area contributed by atoms with Crippen LogP contribution in [0.2, 0.25) is 0 Å². The molecule has 0 bridgehead atoms. The summed E-state index contributed by atoms with van der Waals surface area (Å²) in [6, 6.07) is 11.0. The van der Waals surface area contributed by atoms with E-state index >= 15 is 0 Å². The first kappa shape index (κ1) is 57.9. The second-order valence-electron chi connectivity index (χ2n) is 19.2. The maximum atomic E-state index is 14.7. The number of hydrogen-bond acceptors (Lipinski definition) is 17. The van der Waals surface area contributed by atoms with E-state index < -0.39 is 165 Å². The minimum Gasteiger partial charge on any atom is -0.493 e. The zero-order valence-corrected chi connectivity index (χ0v) is 42.0. The summed E-state index contributed by atoms with van der Waals surface area (Å²) < 4.78 is 16.8. The van der Waals surface area contributed by atoms with Crippen LogP contribution in [0.1, 0.15) is 49.8 Å². The first-order chi connectivity index (χ1) is 36.1. The predicted molar refractivity (Wildman–Crippen MR) is 265 cm³/mol. The highest BCUT2D eigenvalue weighted by Gasteiger charge is 2.50. The van der Waals surface area contributed by atoms with Crippen molar-refractivity contribution in [3.05, 3.63) is 95.6 Å². The van der Waals surface area contributed by atoms with E-state index in [9.17, 15) is 69.0 Å². The van der Waals surface area contributed by atoms with E-state index in [0.29, 0.717) is 16.9 Å². The van der Waals surface area contributed by atoms with E-state index in [1.54, 1.807) is 42.5 Å². The Morgan fingerprint density at radius 2 is 1.33 bits per heavy atom. The molecule has 0 unspecified atom stereocenters. The number of primary amides is 1. The topological polar surface area (TPSA) is 378 Å². The van der Waals surface area contributed by atoms with Gasteiger partial charge in [0.25, 0.3) is 0 Å². The molecule has 0 spiro atoms. The van der Waals surface area contributed by atoms with Crippen molar-refractivity contribution in [3.63, 3.8) is 0 Å². The summed E-state index contributed by atoms with van der Waals surface area (Å²) in [6.07, 6.45) is -14.1. The van der Waals surface area contributed by atoms with Crippen LogP contribution in [0.5, 0.6) is 11.5 Å². The Morgan fingerprint density at radius 3 is 1.96 bits per heavy atom. The second kappa shape index (κ2) is 26.4. The van der Waals surface area contributed by atoms with Crippen LogP contribution < -0.4 is 41.8 Å². The van der Waals surface area contributed by atoms with Crippen molar-refractivity contribution in [2.75, 3.05) is 26.7 Å². The summed E-state index contributed by atoms with van der Waals surface area (Å²) in [6.45, 7) is 0.956. The van der Waals surface area contributed by atoms with Crippen molar-refractivity contribution in [2.24, 2.45) is 11.7 Å². The number of hydrogen-bond donors (Lipinski definition) is 12. The molecule has 3 aliphatic rings. The molecule has 3 saturated heterocycles. The molecule has 3 aliphatic heterocycles. The Hall–Kier alpha value is -7.42. The minimum atomic E-state index is -2.15. The fourth-order valence-corrected chi connectivity index (χ4v) is 9.20. The number of nitrogens with two attached hydrogens (primary N) is 1. The smallest absolute Gasteiger partial charge is 0.408 e. The quantitative estimate of drug-likeness (QED) is 0.0749. The number of fused-ring (bicyclic) bond motifs is 2. The largest absolute Gasteiger partial charge is 0.493 e. The number of alkyl carbamates (subject to hydrolysis) is 1. The van der Waals surface area contributed by atoms with E-state index in [4.69, 9.17) is 19.9 Å².